The third-order valence-corrected chi connectivity index (χ3v) is 3.66. The Morgan fingerprint density at radius 1 is 1.00 bits per heavy atom. The van der Waals surface area contributed by atoms with Gasteiger partial charge in [-0.1, -0.05) is 28.1 Å². The molecule has 0 aliphatic rings. The minimum atomic E-state index is 0.733. The molecule has 0 aliphatic heterocycles. The third kappa shape index (κ3) is 3.45. The second-order valence-corrected chi connectivity index (χ2v) is 5.42. The van der Waals surface area contributed by atoms with Gasteiger partial charge in [-0.2, -0.15) is 0 Å². The second-order valence-electron chi connectivity index (χ2n) is 4.50. The van der Waals surface area contributed by atoms with Gasteiger partial charge in [0.05, 0.1) is 14.2 Å². The van der Waals surface area contributed by atoms with Crippen molar-refractivity contribution in [2.75, 3.05) is 19.5 Å². The van der Waals surface area contributed by atoms with Crippen LogP contribution >= 0.6 is 15.9 Å². The van der Waals surface area contributed by atoms with Crippen LogP contribution in [0.15, 0.2) is 40.9 Å². The fraction of sp³-hybridized carbons (Fsp3) is 0.250. The van der Waals surface area contributed by atoms with Gasteiger partial charge in [-0.05, 0) is 36.2 Å². The molecular weight excluding hydrogens is 318 g/mol. The number of rotatable bonds is 5. The van der Waals surface area contributed by atoms with E-state index in [4.69, 9.17) is 9.47 Å². The summed E-state index contributed by atoms with van der Waals surface area (Å²) < 4.78 is 11.7. The topological polar surface area (TPSA) is 30.5 Å². The molecule has 0 saturated heterocycles. The van der Waals surface area contributed by atoms with Gasteiger partial charge in [-0.3, -0.25) is 0 Å². The molecular formula is C16H18BrNO2. The van der Waals surface area contributed by atoms with Gasteiger partial charge in [-0.25, -0.2) is 0 Å². The van der Waals surface area contributed by atoms with E-state index in [1.165, 1.54) is 5.56 Å². The zero-order valence-electron chi connectivity index (χ0n) is 11.9. The average molecular weight is 336 g/mol. The Morgan fingerprint density at radius 2 is 1.60 bits per heavy atom. The zero-order chi connectivity index (χ0) is 14.5. The SMILES string of the molecule is COc1cc(C)c(NCc2ccc(Br)cc2)cc1OC. The van der Waals surface area contributed by atoms with E-state index in [1.807, 2.05) is 31.2 Å². The van der Waals surface area contributed by atoms with Crippen molar-refractivity contribution in [1.29, 1.82) is 0 Å². The minimum absolute atomic E-state index is 0.733. The summed E-state index contributed by atoms with van der Waals surface area (Å²) >= 11 is 3.44. The summed E-state index contributed by atoms with van der Waals surface area (Å²) in [5, 5.41) is 3.42. The molecule has 0 radical (unpaired) electrons. The lowest BCUT2D eigenvalue weighted by Gasteiger charge is -2.14. The van der Waals surface area contributed by atoms with Crippen LogP contribution in [0.1, 0.15) is 11.1 Å². The number of methoxy groups -OCH3 is 2. The molecule has 0 amide bonds. The molecule has 3 nitrogen and oxygen atoms in total. The fourth-order valence-electron chi connectivity index (χ4n) is 1.97. The van der Waals surface area contributed by atoms with Gasteiger partial charge in [0, 0.05) is 22.8 Å². The quantitative estimate of drug-likeness (QED) is 0.879. The van der Waals surface area contributed by atoms with E-state index >= 15 is 0 Å². The minimum Gasteiger partial charge on any atom is -0.493 e. The summed E-state index contributed by atoms with van der Waals surface area (Å²) in [6.45, 7) is 2.81. The molecule has 2 aromatic carbocycles. The Balaban J connectivity index is 2.14. The number of anilines is 1. The molecule has 0 unspecified atom stereocenters. The molecule has 0 aromatic heterocycles. The molecule has 0 bridgehead atoms. The van der Waals surface area contributed by atoms with E-state index in [1.54, 1.807) is 14.2 Å². The highest BCUT2D eigenvalue weighted by atomic mass is 79.9. The third-order valence-electron chi connectivity index (χ3n) is 3.13. The molecule has 2 rings (SSSR count). The highest BCUT2D eigenvalue weighted by molar-refractivity contribution is 9.10. The van der Waals surface area contributed by atoms with Crippen molar-refractivity contribution >= 4 is 21.6 Å². The van der Waals surface area contributed by atoms with Crippen molar-refractivity contribution in [3.05, 3.63) is 52.0 Å². The summed E-state index contributed by atoms with van der Waals surface area (Å²) in [5.41, 5.74) is 3.40. The summed E-state index contributed by atoms with van der Waals surface area (Å²) in [6, 6.07) is 12.2. The first-order chi connectivity index (χ1) is 9.63. The van der Waals surface area contributed by atoms with Crippen LogP contribution in [0.25, 0.3) is 0 Å². The maximum atomic E-state index is 5.33. The smallest absolute Gasteiger partial charge is 0.162 e. The van der Waals surface area contributed by atoms with Crippen LogP contribution in [-0.4, -0.2) is 14.2 Å². The lowest BCUT2D eigenvalue weighted by molar-refractivity contribution is 0.355. The predicted octanol–water partition coefficient (Wildman–Crippen LogP) is 4.39. The van der Waals surface area contributed by atoms with Crippen molar-refractivity contribution in [1.82, 2.24) is 0 Å². The maximum absolute atomic E-state index is 5.33. The van der Waals surface area contributed by atoms with Crippen molar-refractivity contribution in [3.63, 3.8) is 0 Å². The molecule has 0 fully saturated rings. The lowest BCUT2D eigenvalue weighted by Crippen LogP contribution is -2.02. The molecule has 1 N–H and O–H groups in total. The highest BCUT2D eigenvalue weighted by Gasteiger charge is 2.08. The summed E-state index contributed by atoms with van der Waals surface area (Å²) in [4.78, 5) is 0. The number of hydrogen-bond acceptors (Lipinski definition) is 3. The van der Waals surface area contributed by atoms with Gasteiger partial charge in [0.1, 0.15) is 0 Å². The van der Waals surface area contributed by atoms with E-state index in [9.17, 15) is 0 Å². The van der Waals surface area contributed by atoms with Crippen LogP contribution in [0, 0.1) is 6.92 Å². The van der Waals surface area contributed by atoms with Crippen LogP contribution < -0.4 is 14.8 Å². The first-order valence-electron chi connectivity index (χ1n) is 6.35. The Labute approximate surface area is 128 Å². The highest BCUT2D eigenvalue weighted by Crippen LogP contribution is 2.33. The summed E-state index contributed by atoms with van der Waals surface area (Å²) in [7, 11) is 3.29. The number of halogens is 1. The predicted molar refractivity (Wildman–Crippen MR) is 85.8 cm³/mol. The van der Waals surface area contributed by atoms with Crippen LogP contribution in [0.4, 0.5) is 5.69 Å². The molecule has 0 spiro atoms. The molecule has 0 heterocycles. The largest absolute Gasteiger partial charge is 0.493 e. The van der Waals surface area contributed by atoms with E-state index in [0.717, 1.165) is 33.8 Å². The standard InChI is InChI=1S/C16H18BrNO2/c1-11-8-15(19-2)16(20-3)9-14(11)18-10-12-4-6-13(17)7-5-12/h4-9,18H,10H2,1-3H3. The zero-order valence-corrected chi connectivity index (χ0v) is 13.5. The maximum Gasteiger partial charge on any atom is 0.162 e. The van der Waals surface area contributed by atoms with Crippen LogP contribution in [-0.2, 0) is 6.54 Å². The Bertz CT molecular complexity index is 582. The molecule has 0 aliphatic carbocycles. The molecule has 0 atom stereocenters. The van der Waals surface area contributed by atoms with Gasteiger partial charge >= 0.3 is 0 Å². The fourth-order valence-corrected chi connectivity index (χ4v) is 2.23. The van der Waals surface area contributed by atoms with Crippen LogP contribution in [0.2, 0.25) is 0 Å². The molecule has 2 aromatic rings. The van der Waals surface area contributed by atoms with Crippen molar-refractivity contribution in [2.45, 2.75) is 13.5 Å². The summed E-state index contributed by atoms with van der Waals surface area (Å²) in [6.07, 6.45) is 0. The van der Waals surface area contributed by atoms with Gasteiger partial charge in [0.15, 0.2) is 11.5 Å². The van der Waals surface area contributed by atoms with Crippen LogP contribution in [0.3, 0.4) is 0 Å². The Kier molecular flexibility index (Phi) is 4.90. The molecule has 20 heavy (non-hydrogen) atoms. The summed E-state index contributed by atoms with van der Waals surface area (Å²) in [5.74, 6) is 1.48. The first kappa shape index (κ1) is 14.7. The van der Waals surface area contributed by atoms with E-state index in [-0.39, 0.29) is 0 Å². The number of nitrogens with one attached hydrogen (secondary N) is 1. The van der Waals surface area contributed by atoms with Crippen molar-refractivity contribution in [3.8, 4) is 11.5 Å². The van der Waals surface area contributed by atoms with Crippen LogP contribution in [0.5, 0.6) is 11.5 Å². The Morgan fingerprint density at radius 3 is 2.20 bits per heavy atom. The van der Waals surface area contributed by atoms with Crippen molar-refractivity contribution < 1.29 is 9.47 Å². The monoisotopic (exact) mass is 335 g/mol. The number of benzene rings is 2. The van der Waals surface area contributed by atoms with Gasteiger partial charge < -0.3 is 14.8 Å². The normalized spacial score (nSPS) is 10.2. The van der Waals surface area contributed by atoms with Gasteiger partial charge in [-0.15, -0.1) is 0 Å². The lowest BCUT2D eigenvalue weighted by atomic mass is 10.1. The van der Waals surface area contributed by atoms with E-state index in [2.05, 4.69) is 33.4 Å². The van der Waals surface area contributed by atoms with Crippen molar-refractivity contribution in [2.24, 2.45) is 0 Å². The van der Waals surface area contributed by atoms with E-state index < -0.39 is 0 Å². The van der Waals surface area contributed by atoms with Gasteiger partial charge in [0.25, 0.3) is 0 Å². The number of aryl methyl sites for hydroxylation is 1. The number of ether oxygens (including phenoxy) is 2. The second kappa shape index (κ2) is 6.66. The molecule has 0 saturated carbocycles. The Hall–Kier alpha value is -1.68. The molecule has 4 heteroatoms. The average Bonchev–Trinajstić information content (AvgIpc) is 2.47. The molecule has 106 valence electrons. The number of hydrogen-bond donors (Lipinski definition) is 1. The van der Waals surface area contributed by atoms with Gasteiger partial charge in [0.2, 0.25) is 0 Å². The first-order valence-corrected chi connectivity index (χ1v) is 7.14. The van der Waals surface area contributed by atoms with E-state index in [0.29, 0.717) is 0 Å².